The fourth-order valence-corrected chi connectivity index (χ4v) is 4.04. The Kier molecular flexibility index (Phi) is 10.3. The second-order valence-electron chi connectivity index (χ2n) is 7.07. The van der Waals surface area contributed by atoms with E-state index in [1.165, 1.54) is 5.56 Å². The molecular weight excluding hydrogens is 396 g/mol. The SMILES string of the molecule is CCCNC(=O)C(CC)N(Cc1cccc(OC)c1)C(=O)CSCc1ccccc1. The summed E-state index contributed by atoms with van der Waals surface area (Å²) in [5, 5.41) is 2.94. The molecule has 5 nitrogen and oxygen atoms in total. The quantitative estimate of drug-likeness (QED) is 0.549. The van der Waals surface area contributed by atoms with Crippen LogP contribution < -0.4 is 10.1 Å². The topological polar surface area (TPSA) is 58.6 Å². The molecule has 0 heterocycles. The molecule has 0 radical (unpaired) electrons. The van der Waals surface area contributed by atoms with Crippen LogP contribution in [-0.4, -0.2) is 42.2 Å². The minimum Gasteiger partial charge on any atom is -0.497 e. The lowest BCUT2D eigenvalue weighted by molar-refractivity contribution is -0.139. The molecule has 2 aromatic rings. The van der Waals surface area contributed by atoms with Crippen LogP contribution in [0.3, 0.4) is 0 Å². The van der Waals surface area contributed by atoms with Crippen molar-refractivity contribution in [3.8, 4) is 5.75 Å². The molecule has 0 aliphatic rings. The highest BCUT2D eigenvalue weighted by Gasteiger charge is 2.28. The molecule has 0 aromatic heterocycles. The van der Waals surface area contributed by atoms with E-state index in [9.17, 15) is 9.59 Å². The van der Waals surface area contributed by atoms with Crippen LogP contribution in [0, 0.1) is 0 Å². The number of nitrogens with one attached hydrogen (secondary N) is 1. The number of benzene rings is 2. The van der Waals surface area contributed by atoms with Gasteiger partial charge in [-0.1, -0.05) is 56.3 Å². The smallest absolute Gasteiger partial charge is 0.242 e. The standard InChI is InChI=1S/C24H32N2O3S/c1-4-14-25-24(28)22(5-2)26(16-20-12-9-13-21(15-20)29-3)23(27)18-30-17-19-10-7-6-8-11-19/h6-13,15,22H,4-5,14,16-18H2,1-3H3,(H,25,28). The van der Waals surface area contributed by atoms with Crippen LogP contribution in [0.25, 0.3) is 0 Å². The Morgan fingerprint density at radius 2 is 1.80 bits per heavy atom. The van der Waals surface area contributed by atoms with Gasteiger partial charge in [0.2, 0.25) is 11.8 Å². The number of rotatable bonds is 12. The largest absolute Gasteiger partial charge is 0.497 e. The third kappa shape index (κ3) is 7.41. The minimum atomic E-state index is -0.493. The monoisotopic (exact) mass is 428 g/mol. The zero-order valence-corrected chi connectivity index (χ0v) is 18.9. The van der Waals surface area contributed by atoms with Crippen molar-refractivity contribution in [1.29, 1.82) is 0 Å². The first-order valence-electron chi connectivity index (χ1n) is 10.4. The summed E-state index contributed by atoms with van der Waals surface area (Å²) in [6, 6.07) is 17.2. The lowest BCUT2D eigenvalue weighted by Crippen LogP contribution is -2.49. The number of hydrogen-bond acceptors (Lipinski definition) is 4. The normalized spacial score (nSPS) is 11.6. The molecule has 0 fully saturated rings. The van der Waals surface area contributed by atoms with E-state index in [0.717, 1.165) is 23.5 Å². The van der Waals surface area contributed by atoms with Gasteiger partial charge >= 0.3 is 0 Å². The number of ether oxygens (including phenoxy) is 1. The molecule has 1 atom stereocenters. The van der Waals surface area contributed by atoms with E-state index >= 15 is 0 Å². The Bertz CT molecular complexity index is 798. The van der Waals surface area contributed by atoms with E-state index in [2.05, 4.69) is 17.4 Å². The predicted molar refractivity (Wildman–Crippen MR) is 124 cm³/mol. The summed E-state index contributed by atoms with van der Waals surface area (Å²) >= 11 is 1.57. The molecular formula is C24H32N2O3S. The first-order valence-corrected chi connectivity index (χ1v) is 11.6. The number of hydrogen-bond donors (Lipinski definition) is 1. The number of carbonyl (C=O) groups excluding carboxylic acids is 2. The Labute approximate surface area is 184 Å². The molecule has 2 rings (SSSR count). The molecule has 162 valence electrons. The summed E-state index contributed by atoms with van der Waals surface area (Å²) in [4.78, 5) is 27.6. The molecule has 30 heavy (non-hydrogen) atoms. The van der Waals surface area contributed by atoms with Crippen molar-refractivity contribution in [1.82, 2.24) is 10.2 Å². The van der Waals surface area contributed by atoms with Crippen molar-refractivity contribution < 1.29 is 14.3 Å². The van der Waals surface area contributed by atoms with Crippen LogP contribution in [0.5, 0.6) is 5.75 Å². The number of thioether (sulfide) groups is 1. The predicted octanol–water partition coefficient (Wildman–Crippen LogP) is 4.26. The molecule has 0 bridgehead atoms. The first kappa shape index (κ1) is 23.8. The Morgan fingerprint density at radius 3 is 2.47 bits per heavy atom. The average molecular weight is 429 g/mol. The van der Waals surface area contributed by atoms with E-state index in [4.69, 9.17) is 4.74 Å². The lowest BCUT2D eigenvalue weighted by Gasteiger charge is -2.30. The van der Waals surface area contributed by atoms with Gasteiger partial charge in [0.1, 0.15) is 11.8 Å². The number of carbonyl (C=O) groups is 2. The lowest BCUT2D eigenvalue weighted by atomic mass is 10.1. The van der Waals surface area contributed by atoms with Gasteiger partial charge < -0.3 is 15.0 Å². The molecule has 2 amide bonds. The van der Waals surface area contributed by atoms with E-state index < -0.39 is 6.04 Å². The second-order valence-corrected chi connectivity index (χ2v) is 8.05. The van der Waals surface area contributed by atoms with Crippen molar-refractivity contribution in [2.45, 2.75) is 45.0 Å². The highest BCUT2D eigenvalue weighted by molar-refractivity contribution is 7.99. The molecule has 2 aromatic carbocycles. The van der Waals surface area contributed by atoms with Gasteiger partial charge in [-0.3, -0.25) is 9.59 Å². The highest BCUT2D eigenvalue weighted by Crippen LogP contribution is 2.19. The van der Waals surface area contributed by atoms with E-state index in [-0.39, 0.29) is 11.8 Å². The Hall–Kier alpha value is -2.47. The van der Waals surface area contributed by atoms with E-state index in [1.54, 1.807) is 23.8 Å². The zero-order chi connectivity index (χ0) is 21.8. The summed E-state index contributed by atoms with van der Waals surface area (Å²) in [7, 11) is 1.62. The third-order valence-corrected chi connectivity index (χ3v) is 5.75. The van der Waals surface area contributed by atoms with Crippen LogP contribution in [0.2, 0.25) is 0 Å². The van der Waals surface area contributed by atoms with E-state index in [0.29, 0.717) is 25.3 Å². The van der Waals surface area contributed by atoms with Gasteiger partial charge in [-0.25, -0.2) is 0 Å². The van der Waals surface area contributed by atoms with Crippen LogP contribution in [0.1, 0.15) is 37.8 Å². The summed E-state index contributed by atoms with van der Waals surface area (Å²) in [6.45, 7) is 4.94. The summed E-state index contributed by atoms with van der Waals surface area (Å²) in [5.74, 6) is 1.71. The highest BCUT2D eigenvalue weighted by atomic mass is 32.2. The van der Waals surface area contributed by atoms with Gasteiger partial charge in [0.25, 0.3) is 0 Å². The number of methoxy groups -OCH3 is 1. The fourth-order valence-electron chi connectivity index (χ4n) is 3.17. The van der Waals surface area contributed by atoms with Crippen LogP contribution in [0.15, 0.2) is 54.6 Å². The van der Waals surface area contributed by atoms with Crippen molar-refractivity contribution in [2.75, 3.05) is 19.4 Å². The molecule has 0 saturated carbocycles. The molecule has 0 aliphatic heterocycles. The Morgan fingerprint density at radius 1 is 1.07 bits per heavy atom. The van der Waals surface area contributed by atoms with Gasteiger partial charge in [0.15, 0.2) is 0 Å². The van der Waals surface area contributed by atoms with Crippen molar-refractivity contribution in [2.24, 2.45) is 0 Å². The van der Waals surface area contributed by atoms with E-state index in [1.807, 2.05) is 56.3 Å². The van der Waals surface area contributed by atoms with Gasteiger partial charge in [-0.2, -0.15) is 0 Å². The maximum atomic E-state index is 13.2. The van der Waals surface area contributed by atoms with Crippen molar-refractivity contribution in [3.63, 3.8) is 0 Å². The molecule has 0 saturated heterocycles. The molecule has 6 heteroatoms. The zero-order valence-electron chi connectivity index (χ0n) is 18.1. The Balaban J connectivity index is 2.13. The maximum Gasteiger partial charge on any atom is 0.242 e. The molecule has 0 aliphatic carbocycles. The molecule has 1 unspecified atom stereocenters. The number of amides is 2. The van der Waals surface area contributed by atoms with Crippen LogP contribution in [0.4, 0.5) is 0 Å². The average Bonchev–Trinajstić information content (AvgIpc) is 2.78. The molecule has 1 N–H and O–H groups in total. The first-order chi connectivity index (χ1) is 14.6. The van der Waals surface area contributed by atoms with Gasteiger partial charge in [-0.15, -0.1) is 11.8 Å². The fraction of sp³-hybridized carbons (Fsp3) is 0.417. The second kappa shape index (κ2) is 13.0. The van der Waals surface area contributed by atoms with Gasteiger partial charge in [-0.05, 0) is 36.1 Å². The van der Waals surface area contributed by atoms with Crippen molar-refractivity contribution >= 4 is 23.6 Å². The maximum absolute atomic E-state index is 13.2. The van der Waals surface area contributed by atoms with Gasteiger partial charge in [0, 0.05) is 18.8 Å². The number of nitrogens with zero attached hydrogens (tertiary/aromatic N) is 1. The van der Waals surface area contributed by atoms with Gasteiger partial charge in [0.05, 0.1) is 12.9 Å². The third-order valence-electron chi connectivity index (χ3n) is 4.76. The summed E-state index contributed by atoms with van der Waals surface area (Å²) in [5.41, 5.74) is 2.12. The van der Waals surface area contributed by atoms with Crippen LogP contribution in [-0.2, 0) is 21.9 Å². The van der Waals surface area contributed by atoms with Crippen molar-refractivity contribution in [3.05, 3.63) is 65.7 Å². The minimum absolute atomic E-state index is 0.0303. The summed E-state index contributed by atoms with van der Waals surface area (Å²) < 4.78 is 5.31. The summed E-state index contributed by atoms with van der Waals surface area (Å²) in [6.07, 6.45) is 1.42. The molecule has 0 spiro atoms. The van der Waals surface area contributed by atoms with Crippen LogP contribution >= 0.6 is 11.8 Å².